The van der Waals surface area contributed by atoms with Crippen molar-refractivity contribution in [2.75, 3.05) is 26.2 Å². The Bertz CT molecular complexity index is 1000. The lowest BCUT2D eigenvalue weighted by Gasteiger charge is -2.34. The van der Waals surface area contributed by atoms with Crippen LogP contribution in [0, 0.1) is 11.3 Å². The van der Waals surface area contributed by atoms with E-state index >= 15 is 0 Å². The van der Waals surface area contributed by atoms with Crippen LogP contribution in [0.2, 0.25) is 10.0 Å². The van der Waals surface area contributed by atoms with E-state index in [-0.39, 0.29) is 35.0 Å². The molecule has 2 aromatic carbocycles. The summed E-state index contributed by atoms with van der Waals surface area (Å²) in [5, 5.41) is 13.1. The van der Waals surface area contributed by atoms with Gasteiger partial charge in [0, 0.05) is 42.3 Å². The number of benzene rings is 2. The van der Waals surface area contributed by atoms with Gasteiger partial charge in [-0.3, -0.25) is 0 Å². The highest BCUT2D eigenvalue weighted by molar-refractivity contribution is 7.89. The zero-order valence-electron chi connectivity index (χ0n) is 14.7. The molecule has 0 radical (unpaired) electrons. The SMILES string of the molecule is N#Cc1ccc(Oc2cc(Cl)cc(Cl)c2)c(S(=O)(=O)N2CCNCC2CN)c1. The van der Waals surface area contributed by atoms with Gasteiger partial charge in [0.2, 0.25) is 10.0 Å². The summed E-state index contributed by atoms with van der Waals surface area (Å²) >= 11 is 12.0. The van der Waals surface area contributed by atoms with E-state index in [4.69, 9.17) is 33.7 Å². The molecule has 1 unspecified atom stereocenters. The fourth-order valence-electron chi connectivity index (χ4n) is 2.96. The molecular weight excluding hydrogens is 423 g/mol. The van der Waals surface area contributed by atoms with E-state index in [0.29, 0.717) is 23.1 Å². The molecular formula is C18H18Cl2N4O3S. The molecule has 148 valence electrons. The van der Waals surface area contributed by atoms with Gasteiger partial charge in [-0.05, 0) is 36.4 Å². The summed E-state index contributed by atoms with van der Waals surface area (Å²) in [4.78, 5) is -0.108. The number of hydrogen-bond acceptors (Lipinski definition) is 6. The van der Waals surface area contributed by atoms with Gasteiger partial charge in [0.1, 0.15) is 16.4 Å². The summed E-state index contributed by atoms with van der Waals surface area (Å²) in [6.45, 7) is 1.40. The molecule has 0 saturated carbocycles. The molecule has 1 heterocycles. The maximum Gasteiger partial charge on any atom is 0.247 e. The Morgan fingerprint density at radius 2 is 1.96 bits per heavy atom. The number of piperazine rings is 1. The number of rotatable bonds is 5. The van der Waals surface area contributed by atoms with E-state index in [1.807, 2.05) is 6.07 Å². The highest BCUT2D eigenvalue weighted by Crippen LogP contribution is 2.34. The summed E-state index contributed by atoms with van der Waals surface area (Å²) in [6, 6.07) is 10.4. The average Bonchev–Trinajstić information content (AvgIpc) is 2.67. The average molecular weight is 441 g/mol. The summed E-state index contributed by atoms with van der Waals surface area (Å²) in [7, 11) is -3.96. The third kappa shape index (κ3) is 4.41. The number of sulfonamides is 1. The number of halogens is 2. The van der Waals surface area contributed by atoms with E-state index in [9.17, 15) is 13.7 Å². The lowest BCUT2D eigenvalue weighted by molar-refractivity contribution is 0.272. The molecule has 0 bridgehead atoms. The fourth-order valence-corrected chi connectivity index (χ4v) is 5.25. The normalized spacial score (nSPS) is 17.9. The van der Waals surface area contributed by atoms with Crippen LogP contribution in [0.3, 0.4) is 0 Å². The molecule has 0 aliphatic carbocycles. The van der Waals surface area contributed by atoms with Crippen LogP contribution in [0.1, 0.15) is 5.56 Å². The summed E-state index contributed by atoms with van der Waals surface area (Å²) in [6.07, 6.45) is 0. The van der Waals surface area contributed by atoms with E-state index in [1.54, 1.807) is 6.07 Å². The van der Waals surface area contributed by atoms with Gasteiger partial charge in [-0.15, -0.1) is 0 Å². The first kappa shape index (κ1) is 20.9. The van der Waals surface area contributed by atoms with E-state index in [1.165, 1.54) is 34.6 Å². The molecule has 7 nitrogen and oxygen atoms in total. The predicted molar refractivity (Wildman–Crippen MR) is 107 cm³/mol. The van der Waals surface area contributed by atoms with Crippen LogP contribution in [0.15, 0.2) is 41.3 Å². The second kappa shape index (κ2) is 8.66. The highest BCUT2D eigenvalue weighted by atomic mass is 35.5. The van der Waals surface area contributed by atoms with Gasteiger partial charge in [-0.2, -0.15) is 9.57 Å². The molecule has 1 saturated heterocycles. The first-order chi connectivity index (χ1) is 13.3. The molecule has 3 N–H and O–H groups in total. The zero-order chi connectivity index (χ0) is 20.3. The Labute approximate surface area is 173 Å². The van der Waals surface area contributed by atoms with Gasteiger partial charge < -0.3 is 15.8 Å². The molecule has 1 aliphatic heterocycles. The quantitative estimate of drug-likeness (QED) is 0.739. The van der Waals surface area contributed by atoms with Gasteiger partial charge in [0.25, 0.3) is 0 Å². The first-order valence-corrected chi connectivity index (χ1v) is 10.7. The Morgan fingerprint density at radius 3 is 2.61 bits per heavy atom. The number of nitriles is 1. The molecule has 0 amide bonds. The van der Waals surface area contributed by atoms with Crippen molar-refractivity contribution in [2.45, 2.75) is 10.9 Å². The van der Waals surface area contributed by atoms with Gasteiger partial charge in [0.05, 0.1) is 11.6 Å². The van der Waals surface area contributed by atoms with Gasteiger partial charge >= 0.3 is 0 Å². The molecule has 1 fully saturated rings. The Morgan fingerprint density at radius 1 is 1.25 bits per heavy atom. The van der Waals surface area contributed by atoms with Crippen LogP contribution in [-0.4, -0.2) is 44.9 Å². The largest absolute Gasteiger partial charge is 0.456 e. The smallest absolute Gasteiger partial charge is 0.247 e. The van der Waals surface area contributed by atoms with Crippen molar-refractivity contribution < 1.29 is 13.2 Å². The number of hydrogen-bond donors (Lipinski definition) is 2. The topological polar surface area (TPSA) is 108 Å². The maximum atomic E-state index is 13.4. The van der Waals surface area contributed by atoms with Crippen LogP contribution in [0.25, 0.3) is 0 Å². The second-order valence-electron chi connectivity index (χ2n) is 6.19. The molecule has 0 aromatic heterocycles. The van der Waals surface area contributed by atoms with Crippen LogP contribution in [0.4, 0.5) is 0 Å². The molecule has 28 heavy (non-hydrogen) atoms. The van der Waals surface area contributed by atoms with Crippen molar-refractivity contribution in [3.05, 3.63) is 52.0 Å². The number of nitrogens with zero attached hydrogens (tertiary/aromatic N) is 2. The van der Waals surface area contributed by atoms with Crippen LogP contribution in [0.5, 0.6) is 11.5 Å². The van der Waals surface area contributed by atoms with E-state index < -0.39 is 16.1 Å². The van der Waals surface area contributed by atoms with Crippen molar-refractivity contribution in [3.8, 4) is 17.6 Å². The summed E-state index contributed by atoms with van der Waals surface area (Å²) in [5.41, 5.74) is 5.96. The molecule has 1 aliphatic rings. The Balaban J connectivity index is 2.07. The molecule has 1 atom stereocenters. The van der Waals surface area contributed by atoms with Crippen LogP contribution >= 0.6 is 23.2 Å². The summed E-state index contributed by atoms with van der Waals surface area (Å²) < 4.78 is 33.9. The van der Waals surface area contributed by atoms with Crippen LogP contribution in [-0.2, 0) is 10.0 Å². The third-order valence-corrected chi connectivity index (χ3v) is 6.70. The Kier molecular flexibility index (Phi) is 6.45. The van der Waals surface area contributed by atoms with Crippen molar-refractivity contribution in [2.24, 2.45) is 5.73 Å². The monoisotopic (exact) mass is 440 g/mol. The maximum absolute atomic E-state index is 13.4. The highest BCUT2D eigenvalue weighted by Gasteiger charge is 2.35. The van der Waals surface area contributed by atoms with Gasteiger partial charge in [-0.25, -0.2) is 8.42 Å². The number of nitrogens with one attached hydrogen (secondary N) is 1. The molecule has 0 spiro atoms. The Hall–Kier alpha value is -1.86. The lowest BCUT2D eigenvalue weighted by Crippen LogP contribution is -2.56. The molecule has 2 aromatic rings. The predicted octanol–water partition coefficient (Wildman–Crippen LogP) is 2.58. The number of ether oxygens (including phenoxy) is 1. The minimum absolute atomic E-state index is 0.0756. The standard InChI is InChI=1S/C18H18Cl2N4O3S/c19-13-6-14(20)8-16(7-13)27-17-2-1-12(9-21)5-18(17)28(25,26)24-4-3-23-11-15(24)10-22/h1-2,5-8,15,23H,3-4,10-11,22H2. The van der Waals surface area contributed by atoms with Crippen molar-refractivity contribution in [1.82, 2.24) is 9.62 Å². The molecule has 10 heteroatoms. The minimum atomic E-state index is -3.96. The summed E-state index contributed by atoms with van der Waals surface area (Å²) in [5.74, 6) is 0.362. The van der Waals surface area contributed by atoms with E-state index in [0.717, 1.165) is 0 Å². The zero-order valence-corrected chi connectivity index (χ0v) is 17.1. The third-order valence-electron chi connectivity index (χ3n) is 4.29. The van der Waals surface area contributed by atoms with Gasteiger partial charge in [0.15, 0.2) is 0 Å². The van der Waals surface area contributed by atoms with Crippen molar-refractivity contribution in [3.63, 3.8) is 0 Å². The lowest BCUT2D eigenvalue weighted by atomic mass is 10.2. The van der Waals surface area contributed by atoms with Crippen molar-refractivity contribution in [1.29, 1.82) is 5.26 Å². The van der Waals surface area contributed by atoms with Crippen LogP contribution < -0.4 is 15.8 Å². The van der Waals surface area contributed by atoms with Gasteiger partial charge in [-0.1, -0.05) is 23.2 Å². The van der Waals surface area contributed by atoms with E-state index in [2.05, 4.69) is 5.32 Å². The molecule has 3 rings (SSSR count). The minimum Gasteiger partial charge on any atom is -0.456 e. The second-order valence-corrected chi connectivity index (χ2v) is 8.92. The first-order valence-electron chi connectivity index (χ1n) is 8.46. The van der Waals surface area contributed by atoms with Crippen molar-refractivity contribution >= 4 is 33.2 Å². The number of nitrogens with two attached hydrogens (primary N) is 1. The fraction of sp³-hybridized carbons (Fsp3) is 0.278.